The van der Waals surface area contributed by atoms with Crippen LogP contribution in [0.25, 0.3) is 0 Å². The number of hydrogen-bond donors (Lipinski definition) is 2. The summed E-state index contributed by atoms with van der Waals surface area (Å²) < 4.78 is 5.73. The lowest BCUT2D eigenvalue weighted by Gasteiger charge is -2.02. The summed E-state index contributed by atoms with van der Waals surface area (Å²) in [6, 6.07) is 3.30. The molecule has 0 aliphatic carbocycles. The highest BCUT2D eigenvalue weighted by molar-refractivity contribution is 5.66. The van der Waals surface area contributed by atoms with Crippen LogP contribution >= 0.6 is 0 Å². The Balaban J connectivity index is 2.38. The molecular weight excluding hydrogens is 242 g/mol. The molecule has 2 aromatic heterocycles. The first-order valence-corrected chi connectivity index (χ1v) is 5.01. The Morgan fingerprint density at radius 2 is 2.28 bits per heavy atom. The van der Waals surface area contributed by atoms with E-state index in [1.807, 2.05) is 4.98 Å². The molecule has 2 rings (SSSR count). The van der Waals surface area contributed by atoms with Crippen molar-refractivity contribution in [1.82, 2.24) is 14.8 Å². The summed E-state index contributed by atoms with van der Waals surface area (Å²) in [6.45, 7) is -0.610. The lowest BCUT2D eigenvalue weighted by Crippen LogP contribution is -2.36. The molecule has 0 radical (unpaired) electrons. The van der Waals surface area contributed by atoms with E-state index < -0.39 is 23.8 Å². The van der Waals surface area contributed by atoms with Crippen molar-refractivity contribution in [3.8, 4) is 0 Å². The first-order valence-electron chi connectivity index (χ1n) is 5.01. The molecule has 18 heavy (non-hydrogen) atoms. The van der Waals surface area contributed by atoms with Crippen molar-refractivity contribution in [1.29, 1.82) is 0 Å². The largest absolute Gasteiger partial charge is 0.480 e. The highest BCUT2D eigenvalue weighted by atomic mass is 16.4. The van der Waals surface area contributed by atoms with E-state index >= 15 is 0 Å². The minimum atomic E-state index is -1.22. The van der Waals surface area contributed by atoms with Crippen LogP contribution in [0.2, 0.25) is 0 Å². The number of H-pyrrole nitrogens is 1. The van der Waals surface area contributed by atoms with Crippen LogP contribution in [-0.2, 0) is 17.8 Å². The number of aromatic amines is 1. The van der Waals surface area contributed by atoms with Crippen molar-refractivity contribution in [3.05, 3.63) is 50.7 Å². The number of aromatic nitrogens is 3. The van der Waals surface area contributed by atoms with Gasteiger partial charge in [0.15, 0.2) is 0 Å². The predicted octanol–water partition coefficient (Wildman–Crippen LogP) is -0.800. The van der Waals surface area contributed by atoms with Gasteiger partial charge in [0.25, 0.3) is 5.56 Å². The van der Waals surface area contributed by atoms with Crippen molar-refractivity contribution < 1.29 is 14.3 Å². The number of carboxylic acids is 1. The van der Waals surface area contributed by atoms with Crippen molar-refractivity contribution in [3.63, 3.8) is 0 Å². The molecule has 0 saturated heterocycles. The van der Waals surface area contributed by atoms with E-state index in [2.05, 4.69) is 5.10 Å². The zero-order valence-corrected chi connectivity index (χ0v) is 9.12. The van der Waals surface area contributed by atoms with E-state index in [9.17, 15) is 14.4 Å². The lowest BCUT2D eigenvalue weighted by atomic mass is 10.2. The second kappa shape index (κ2) is 4.70. The summed E-state index contributed by atoms with van der Waals surface area (Å²) in [5.41, 5.74) is -1.49. The average molecular weight is 251 g/mol. The fourth-order valence-corrected chi connectivity index (χ4v) is 1.40. The SMILES string of the molecule is O=C(O)Cn1nc(Cc2ccco2)c(=O)[nH]c1=O. The quantitative estimate of drug-likeness (QED) is 0.734. The molecule has 0 aliphatic heterocycles. The maximum atomic E-state index is 11.5. The van der Waals surface area contributed by atoms with Crippen LogP contribution in [-0.4, -0.2) is 25.8 Å². The van der Waals surface area contributed by atoms with E-state index in [4.69, 9.17) is 9.52 Å². The minimum absolute atomic E-state index is 0.0193. The molecule has 8 nitrogen and oxygen atoms in total. The molecule has 0 aromatic carbocycles. The summed E-state index contributed by atoms with van der Waals surface area (Å²) >= 11 is 0. The molecule has 0 aliphatic rings. The van der Waals surface area contributed by atoms with Gasteiger partial charge >= 0.3 is 11.7 Å². The van der Waals surface area contributed by atoms with Crippen molar-refractivity contribution in [2.45, 2.75) is 13.0 Å². The fraction of sp³-hybridized carbons (Fsp3) is 0.200. The molecule has 94 valence electrons. The average Bonchev–Trinajstić information content (AvgIpc) is 2.77. The van der Waals surface area contributed by atoms with Crippen LogP contribution in [0, 0.1) is 0 Å². The van der Waals surface area contributed by atoms with Crippen molar-refractivity contribution in [2.24, 2.45) is 0 Å². The summed E-state index contributed by atoms with van der Waals surface area (Å²) in [7, 11) is 0. The van der Waals surface area contributed by atoms with Gasteiger partial charge in [0.2, 0.25) is 0 Å². The third kappa shape index (κ3) is 2.54. The van der Waals surface area contributed by atoms with Crippen LogP contribution in [0.1, 0.15) is 11.5 Å². The molecular formula is C10H9N3O5. The maximum absolute atomic E-state index is 11.5. The molecule has 0 fully saturated rings. The van der Waals surface area contributed by atoms with Gasteiger partial charge in [-0.15, -0.1) is 0 Å². The molecule has 2 aromatic rings. The zero-order chi connectivity index (χ0) is 13.1. The summed E-state index contributed by atoms with van der Waals surface area (Å²) in [4.78, 5) is 35.3. The van der Waals surface area contributed by atoms with Gasteiger partial charge in [0.1, 0.15) is 18.0 Å². The predicted molar refractivity (Wildman–Crippen MR) is 58.3 cm³/mol. The monoisotopic (exact) mass is 251 g/mol. The Bertz CT molecular complexity index is 668. The standard InChI is InChI=1S/C10H9N3O5/c14-8(15)5-13-10(17)11-9(16)7(12-13)4-6-2-1-3-18-6/h1-3H,4-5H2,(H,14,15)(H,11,16,17). The van der Waals surface area contributed by atoms with Crippen LogP contribution in [0.5, 0.6) is 0 Å². The van der Waals surface area contributed by atoms with Gasteiger partial charge in [-0.1, -0.05) is 0 Å². The third-order valence-electron chi connectivity index (χ3n) is 2.17. The highest BCUT2D eigenvalue weighted by Crippen LogP contribution is 2.03. The van der Waals surface area contributed by atoms with Crippen LogP contribution in [0.3, 0.4) is 0 Å². The molecule has 0 bridgehead atoms. The Labute approximate surface area is 99.5 Å². The number of aliphatic carboxylic acids is 1. The molecule has 0 amide bonds. The smallest absolute Gasteiger partial charge is 0.345 e. The molecule has 0 atom stereocenters. The van der Waals surface area contributed by atoms with E-state index in [1.54, 1.807) is 12.1 Å². The Hall–Kier alpha value is -2.64. The molecule has 8 heteroatoms. The number of furan rings is 1. The van der Waals surface area contributed by atoms with Gasteiger partial charge in [-0.3, -0.25) is 14.6 Å². The summed E-state index contributed by atoms with van der Waals surface area (Å²) in [5.74, 6) is -0.728. The van der Waals surface area contributed by atoms with Gasteiger partial charge in [-0.05, 0) is 12.1 Å². The number of hydrogen-bond acceptors (Lipinski definition) is 5. The number of rotatable bonds is 4. The number of carboxylic acid groups (broad SMARTS) is 1. The Morgan fingerprint density at radius 3 is 2.89 bits per heavy atom. The lowest BCUT2D eigenvalue weighted by molar-refractivity contribution is -0.138. The van der Waals surface area contributed by atoms with E-state index in [-0.39, 0.29) is 12.1 Å². The molecule has 0 spiro atoms. The Morgan fingerprint density at radius 1 is 1.50 bits per heavy atom. The van der Waals surface area contributed by atoms with E-state index in [0.29, 0.717) is 10.4 Å². The zero-order valence-electron chi connectivity index (χ0n) is 9.12. The topological polar surface area (TPSA) is 118 Å². The second-order valence-corrected chi connectivity index (χ2v) is 3.51. The number of nitrogens with one attached hydrogen (secondary N) is 1. The number of nitrogens with zero attached hydrogens (tertiary/aromatic N) is 2. The van der Waals surface area contributed by atoms with Gasteiger partial charge in [0.05, 0.1) is 12.7 Å². The molecule has 0 unspecified atom stereocenters. The second-order valence-electron chi connectivity index (χ2n) is 3.51. The van der Waals surface area contributed by atoms with Gasteiger partial charge in [0, 0.05) is 0 Å². The fourth-order valence-electron chi connectivity index (χ4n) is 1.40. The van der Waals surface area contributed by atoms with E-state index in [1.165, 1.54) is 6.26 Å². The van der Waals surface area contributed by atoms with E-state index in [0.717, 1.165) is 0 Å². The van der Waals surface area contributed by atoms with Gasteiger partial charge < -0.3 is 9.52 Å². The Kier molecular flexibility index (Phi) is 3.09. The van der Waals surface area contributed by atoms with Crippen molar-refractivity contribution >= 4 is 5.97 Å². The summed E-state index contributed by atoms with van der Waals surface area (Å²) in [5, 5.41) is 12.3. The van der Waals surface area contributed by atoms with Crippen LogP contribution < -0.4 is 11.2 Å². The van der Waals surface area contributed by atoms with Gasteiger partial charge in [-0.25, -0.2) is 9.48 Å². The van der Waals surface area contributed by atoms with Crippen molar-refractivity contribution in [2.75, 3.05) is 0 Å². The minimum Gasteiger partial charge on any atom is -0.480 e. The summed E-state index contributed by atoms with van der Waals surface area (Å²) in [6.07, 6.45) is 1.53. The number of carbonyl (C=O) groups is 1. The van der Waals surface area contributed by atoms with Gasteiger partial charge in [-0.2, -0.15) is 5.10 Å². The normalized spacial score (nSPS) is 10.4. The van der Waals surface area contributed by atoms with Crippen LogP contribution in [0.4, 0.5) is 0 Å². The third-order valence-corrected chi connectivity index (χ3v) is 2.17. The highest BCUT2D eigenvalue weighted by Gasteiger charge is 2.10. The maximum Gasteiger partial charge on any atom is 0.345 e. The molecule has 2 N–H and O–H groups in total. The first-order chi connectivity index (χ1) is 8.56. The molecule has 2 heterocycles. The molecule has 0 saturated carbocycles. The first kappa shape index (κ1) is 11.8. The van der Waals surface area contributed by atoms with Crippen LogP contribution in [0.15, 0.2) is 32.4 Å².